The van der Waals surface area contributed by atoms with Crippen LogP contribution in [0.1, 0.15) is 15.9 Å². The van der Waals surface area contributed by atoms with Gasteiger partial charge in [0.2, 0.25) is 0 Å². The van der Waals surface area contributed by atoms with Gasteiger partial charge in [-0.15, -0.1) is 0 Å². The Bertz CT molecular complexity index is 967. The summed E-state index contributed by atoms with van der Waals surface area (Å²) < 4.78 is 35.9. The van der Waals surface area contributed by atoms with Gasteiger partial charge in [0.25, 0.3) is 5.91 Å². The maximum Gasteiger partial charge on any atom is 0.340 e. The summed E-state index contributed by atoms with van der Waals surface area (Å²) in [5, 5.41) is 13.0. The molecule has 0 saturated carbocycles. The average Bonchev–Trinajstić information content (AvgIpc) is 2.63. The number of nitrogens with zero attached hydrogens (tertiary/aromatic N) is 1. The van der Waals surface area contributed by atoms with Crippen molar-refractivity contribution in [2.75, 3.05) is 19.0 Å². The SMILES string of the molecule is COc1cc(NC(=O)COC(=O)c2cc(F)c(F)cc2Cl)c(C)cc1[N+](=O)[O-]. The third kappa shape index (κ3) is 4.71. The largest absolute Gasteiger partial charge is 0.490 e. The maximum atomic E-state index is 13.2. The Kier molecular flexibility index (Phi) is 6.47. The fraction of sp³-hybridized carbons (Fsp3) is 0.176. The molecule has 1 N–H and O–H groups in total. The van der Waals surface area contributed by atoms with E-state index >= 15 is 0 Å². The van der Waals surface area contributed by atoms with Crippen molar-refractivity contribution in [2.45, 2.75) is 6.92 Å². The topological polar surface area (TPSA) is 108 Å². The van der Waals surface area contributed by atoms with Crippen LogP contribution in [0.25, 0.3) is 0 Å². The van der Waals surface area contributed by atoms with Crippen molar-refractivity contribution in [1.82, 2.24) is 0 Å². The molecule has 0 aliphatic heterocycles. The third-order valence-corrected chi connectivity index (χ3v) is 3.87. The number of ether oxygens (including phenoxy) is 2. The van der Waals surface area contributed by atoms with E-state index in [1.807, 2.05) is 0 Å². The number of halogens is 3. The molecular formula is C17H13ClF2N2O6. The van der Waals surface area contributed by atoms with Crippen molar-refractivity contribution in [2.24, 2.45) is 0 Å². The first-order valence-corrected chi connectivity index (χ1v) is 7.96. The summed E-state index contributed by atoms with van der Waals surface area (Å²) in [7, 11) is 1.23. The fourth-order valence-corrected chi connectivity index (χ4v) is 2.42. The van der Waals surface area contributed by atoms with Crippen LogP contribution in [0, 0.1) is 28.7 Å². The number of nitrogens with one attached hydrogen (secondary N) is 1. The Morgan fingerprint density at radius 3 is 2.46 bits per heavy atom. The Balaban J connectivity index is 2.08. The van der Waals surface area contributed by atoms with Crippen LogP contribution >= 0.6 is 11.6 Å². The molecule has 2 aromatic carbocycles. The van der Waals surface area contributed by atoms with E-state index in [0.29, 0.717) is 17.7 Å². The predicted octanol–water partition coefficient (Wildman–Crippen LogP) is 3.64. The minimum atomic E-state index is -1.30. The smallest absolute Gasteiger partial charge is 0.340 e. The number of aryl methyl sites for hydroxylation is 1. The van der Waals surface area contributed by atoms with Crippen molar-refractivity contribution in [3.05, 3.63) is 62.2 Å². The van der Waals surface area contributed by atoms with E-state index in [9.17, 15) is 28.5 Å². The van der Waals surface area contributed by atoms with Crippen molar-refractivity contribution in [3.8, 4) is 5.75 Å². The van der Waals surface area contributed by atoms with E-state index in [1.165, 1.54) is 26.2 Å². The third-order valence-electron chi connectivity index (χ3n) is 3.56. The number of benzene rings is 2. The van der Waals surface area contributed by atoms with Gasteiger partial charge in [-0.3, -0.25) is 14.9 Å². The zero-order valence-corrected chi connectivity index (χ0v) is 15.3. The standard InChI is InChI=1S/C17H13ClF2N2O6/c1-8-3-14(22(25)26)15(27-2)6-13(8)21-16(23)7-28-17(24)9-4-11(19)12(20)5-10(9)18/h3-6H,7H2,1-2H3,(H,21,23). The summed E-state index contributed by atoms with van der Waals surface area (Å²) in [6.07, 6.45) is 0. The number of nitro benzene ring substituents is 1. The molecule has 0 bridgehead atoms. The van der Waals surface area contributed by atoms with Crippen molar-refractivity contribution in [3.63, 3.8) is 0 Å². The van der Waals surface area contributed by atoms with Crippen LogP contribution < -0.4 is 10.1 Å². The molecule has 0 unspecified atom stereocenters. The number of carbonyl (C=O) groups excluding carboxylic acids is 2. The highest BCUT2D eigenvalue weighted by Crippen LogP contribution is 2.32. The van der Waals surface area contributed by atoms with Gasteiger partial charge in [-0.2, -0.15) is 0 Å². The van der Waals surface area contributed by atoms with E-state index in [4.69, 9.17) is 21.1 Å². The second-order valence-electron chi connectivity index (χ2n) is 5.47. The Labute approximate surface area is 162 Å². The number of anilines is 1. The van der Waals surface area contributed by atoms with Gasteiger partial charge in [0, 0.05) is 17.8 Å². The van der Waals surface area contributed by atoms with E-state index in [1.54, 1.807) is 0 Å². The zero-order chi connectivity index (χ0) is 21.0. The molecule has 0 aliphatic rings. The second-order valence-corrected chi connectivity index (χ2v) is 5.87. The quantitative estimate of drug-likeness (QED) is 0.334. The first-order chi connectivity index (χ1) is 13.1. The highest BCUT2D eigenvalue weighted by Gasteiger charge is 2.20. The van der Waals surface area contributed by atoms with Crippen LogP contribution in [-0.2, 0) is 9.53 Å². The molecule has 2 aromatic rings. The van der Waals surface area contributed by atoms with Gasteiger partial charge in [0.1, 0.15) is 0 Å². The van der Waals surface area contributed by atoms with Crippen LogP contribution in [0.15, 0.2) is 24.3 Å². The number of methoxy groups -OCH3 is 1. The predicted molar refractivity (Wildman–Crippen MR) is 94.7 cm³/mol. The number of amides is 1. The van der Waals surface area contributed by atoms with Crippen LogP contribution in [0.5, 0.6) is 5.75 Å². The molecule has 148 valence electrons. The summed E-state index contributed by atoms with van der Waals surface area (Å²) in [4.78, 5) is 34.2. The molecule has 0 fully saturated rings. The van der Waals surface area contributed by atoms with Crippen molar-refractivity contribution >= 4 is 34.9 Å². The molecule has 0 heterocycles. The number of esters is 1. The summed E-state index contributed by atoms with van der Waals surface area (Å²) in [5.74, 6) is -4.50. The maximum absolute atomic E-state index is 13.2. The van der Waals surface area contributed by atoms with Gasteiger partial charge in [0.15, 0.2) is 24.0 Å². The highest BCUT2D eigenvalue weighted by atomic mass is 35.5. The Morgan fingerprint density at radius 1 is 1.21 bits per heavy atom. The van der Waals surface area contributed by atoms with Gasteiger partial charge >= 0.3 is 11.7 Å². The highest BCUT2D eigenvalue weighted by molar-refractivity contribution is 6.33. The molecule has 0 spiro atoms. The lowest BCUT2D eigenvalue weighted by Gasteiger charge is -2.11. The monoisotopic (exact) mass is 414 g/mol. The van der Waals surface area contributed by atoms with Gasteiger partial charge < -0.3 is 14.8 Å². The summed E-state index contributed by atoms with van der Waals surface area (Å²) in [6.45, 7) is 0.766. The first-order valence-electron chi connectivity index (χ1n) is 7.58. The Hall–Kier alpha value is -3.27. The number of hydrogen-bond acceptors (Lipinski definition) is 6. The molecule has 0 atom stereocenters. The molecule has 2 rings (SSSR count). The average molecular weight is 415 g/mol. The zero-order valence-electron chi connectivity index (χ0n) is 14.5. The first kappa shape index (κ1) is 21.0. The fourth-order valence-electron chi connectivity index (χ4n) is 2.19. The van der Waals surface area contributed by atoms with Crippen LogP contribution in [0.2, 0.25) is 5.02 Å². The van der Waals surface area contributed by atoms with Crippen molar-refractivity contribution < 1.29 is 32.8 Å². The summed E-state index contributed by atoms with van der Waals surface area (Å²) in [5.41, 5.74) is -0.149. The van der Waals surface area contributed by atoms with Crippen LogP contribution in [-0.4, -0.2) is 30.5 Å². The van der Waals surface area contributed by atoms with E-state index < -0.39 is 40.6 Å². The van der Waals surface area contributed by atoms with Gasteiger partial charge in [0.05, 0.1) is 22.6 Å². The molecule has 0 aliphatic carbocycles. The molecule has 28 heavy (non-hydrogen) atoms. The van der Waals surface area contributed by atoms with E-state index in [-0.39, 0.29) is 22.1 Å². The number of carbonyl (C=O) groups is 2. The molecule has 0 radical (unpaired) electrons. The van der Waals surface area contributed by atoms with E-state index in [0.717, 1.165) is 0 Å². The lowest BCUT2D eigenvalue weighted by molar-refractivity contribution is -0.385. The van der Waals surface area contributed by atoms with Gasteiger partial charge in [-0.05, 0) is 24.6 Å². The number of nitro groups is 1. The molecule has 0 aromatic heterocycles. The van der Waals surface area contributed by atoms with Crippen LogP contribution in [0.4, 0.5) is 20.2 Å². The molecule has 11 heteroatoms. The molecular weight excluding hydrogens is 402 g/mol. The summed E-state index contributed by atoms with van der Waals surface area (Å²) in [6, 6.07) is 3.63. The Morgan fingerprint density at radius 2 is 1.86 bits per heavy atom. The number of rotatable bonds is 6. The normalized spacial score (nSPS) is 10.3. The minimum Gasteiger partial charge on any atom is -0.490 e. The van der Waals surface area contributed by atoms with Crippen molar-refractivity contribution in [1.29, 1.82) is 0 Å². The second kappa shape index (κ2) is 8.61. The van der Waals surface area contributed by atoms with Gasteiger partial charge in [-0.25, -0.2) is 13.6 Å². The molecule has 8 nitrogen and oxygen atoms in total. The van der Waals surface area contributed by atoms with Gasteiger partial charge in [-0.1, -0.05) is 11.6 Å². The molecule has 1 amide bonds. The number of hydrogen-bond donors (Lipinski definition) is 1. The van der Waals surface area contributed by atoms with Crippen LogP contribution in [0.3, 0.4) is 0 Å². The lowest BCUT2D eigenvalue weighted by Crippen LogP contribution is -2.21. The molecule has 0 saturated heterocycles. The summed E-state index contributed by atoms with van der Waals surface area (Å²) >= 11 is 5.66. The lowest BCUT2D eigenvalue weighted by atomic mass is 10.1. The van der Waals surface area contributed by atoms with E-state index in [2.05, 4.69) is 5.32 Å². The minimum absolute atomic E-state index is 0.0727.